The Morgan fingerprint density at radius 2 is 2.14 bits per heavy atom. The predicted octanol–water partition coefficient (Wildman–Crippen LogP) is 2.53. The van der Waals surface area contributed by atoms with Gasteiger partial charge in [0, 0.05) is 31.2 Å². The topological polar surface area (TPSA) is 47.9 Å². The zero-order valence-corrected chi connectivity index (χ0v) is 15.3. The fourth-order valence-corrected chi connectivity index (χ4v) is 2.43. The van der Waals surface area contributed by atoms with Crippen molar-refractivity contribution in [1.82, 2.24) is 10.2 Å². The standard InChI is InChI=1S/C15H22ClN3O.HI/c1-2-17-15(19-10-8-14(20)11-19)18-9-7-12-3-5-13(16)6-4-12;/h3-6,14,20H,2,7-11H2,1H3,(H,17,18);1H/t14-;/m1./s1. The molecule has 6 heteroatoms. The number of hydrogen-bond donors (Lipinski definition) is 2. The minimum atomic E-state index is -0.227. The number of likely N-dealkylation sites (tertiary alicyclic amines) is 1. The van der Waals surface area contributed by atoms with E-state index >= 15 is 0 Å². The van der Waals surface area contributed by atoms with E-state index in [2.05, 4.69) is 22.1 Å². The van der Waals surface area contributed by atoms with Gasteiger partial charge in [-0.05, 0) is 37.5 Å². The zero-order chi connectivity index (χ0) is 14.4. The first-order valence-corrected chi connectivity index (χ1v) is 7.52. The molecule has 0 radical (unpaired) electrons. The van der Waals surface area contributed by atoms with Gasteiger partial charge in [0.1, 0.15) is 0 Å². The highest BCUT2D eigenvalue weighted by Crippen LogP contribution is 2.11. The van der Waals surface area contributed by atoms with Crippen molar-refractivity contribution < 1.29 is 5.11 Å². The zero-order valence-electron chi connectivity index (χ0n) is 12.3. The molecule has 1 fully saturated rings. The number of guanidine groups is 1. The van der Waals surface area contributed by atoms with E-state index in [-0.39, 0.29) is 30.1 Å². The van der Waals surface area contributed by atoms with Crippen molar-refractivity contribution >= 4 is 41.5 Å². The van der Waals surface area contributed by atoms with Crippen LogP contribution in [0, 0.1) is 0 Å². The molecule has 1 saturated heterocycles. The Hall–Kier alpha value is -0.530. The number of halogens is 2. The van der Waals surface area contributed by atoms with Crippen molar-refractivity contribution in [2.45, 2.75) is 25.9 Å². The van der Waals surface area contributed by atoms with Crippen molar-refractivity contribution in [1.29, 1.82) is 0 Å². The monoisotopic (exact) mass is 423 g/mol. The third kappa shape index (κ3) is 6.00. The van der Waals surface area contributed by atoms with Crippen LogP contribution >= 0.6 is 35.6 Å². The molecule has 1 heterocycles. The summed E-state index contributed by atoms with van der Waals surface area (Å²) in [6.45, 7) is 5.17. The van der Waals surface area contributed by atoms with Gasteiger partial charge in [-0.25, -0.2) is 0 Å². The van der Waals surface area contributed by atoms with Crippen LogP contribution in [0.3, 0.4) is 0 Å². The summed E-state index contributed by atoms with van der Waals surface area (Å²) >= 11 is 5.87. The van der Waals surface area contributed by atoms with Crippen molar-refractivity contribution in [3.05, 3.63) is 34.9 Å². The summed E-state index contributed by atoms with van der Waals surface area (Å²) in [5.41, 5.74) is 1.23. The van der Waals surface area contributed by atoms with Gasteiger partial charge in [-0.2, -0.15) is 0 Å². The van der Waals surface area contributed by atoms with E-state index in [4.69, 9.17) is 11.6 Å². The van der Waals surface area contributed by atoms with Crippen molar-refractivity contribution in [3.8, 4) is 0 Å². The van der Waals surface area contributed by atoms with Crippen LogP contribution in [0.4, 0.5) is 0 Å². The number of aliphatic hydroxyl groups is 1. The van der Waals surface area contributed by atoms with Crippen molar-refractivity contribution in [3.63, 3.8) is 0 Å². The average molecular weight is 424 g/mol. The highest BCUT2D eigenvalue weighted by molar-refractivity contribution is 14.0. The van der Waals surface area contributed by atoms with E-state index in [0.29, 0.717) is 6.54 Å². The Morgan fingerprint density at radius 1 is 1.43 bits per heavy atom. The number of nitrogens with zero attached hydrogens (tertiary/aromatic N) is 2. The van der Waals surface area contributed by atoms with Crippen LogP contribution in [-0.2, 0) is 6.42 Å². The van der Waals surface area contributed by atoms with Gasteiger partial charge in [0.05, 0.1) is 6.10 Å². The lowest BCUT2D eigenvalue weighted by Gasteiger charge is -2.20. The van der Waals surface area contributed by atoms with Gasteiger partial charge in [-0.15, -0.1) is 24.0 Å². The SMILES string of the molecule is CCNC(=NCCc1ccc(Cl)cc1)N1CC[C@@H](O)C1.I. The molecule has 0 spiro atoms. The Labute approximate surface area is 148 Å². The summed E-state index contributed by atoms with van der Waals surface area (Å²) < 4.78 is 0. The lowest BCUT2D eigenvalue weighted by atomic mass is 10.1. The molecule has 0 saturated carbocycles. The molecule has 21 heavy (non-hydrogen) atoms. The van der Waals surface area contributed by atoms with Crippen molar-refractivity contribution in [2.24, 2.45) is 4.99 Å². The highest BCUT2D eigenvalue weighted by atomic mass is 127. The number of nitrogens with one attached hydrogen (secondary N) is 1. The molecule has 2 rings (SSSR count). The lowest BCUT2D eigenvalue weighted by molar-refractivity contribution is 0.188. The summed E-state index contributed by atoms with van der Waals surface area (Å²) in [5.74, 6) is 0.901. The van der Waals surface area contributed by atoms with E-state index in [1.807, 2.05) is 24.3 Å². The van der Waals surface area contributed by atoms with Crippen LogP contribution in [0.15, 0.2) is 29.3 Å². The third-order valence-corrected chi connectivity index (χ3v) is 3.63. The molecule has 1 aromatic rings. The molecule has 0 unspecified atom stereocenters. The van der Waals surface area contributed by atoms with Crippen LogP contribution < -0.4 is 5.32 Å². The first-order valence-electron chi connectivity index (χ1n) is 7.15. The highest BCUT2D eigenvalue weighted by Gasteiger charge is 2.22. The van der Waals surface area contributed by atoms with E-state index in [9.17, 15) is 5.11 Å². The molecular weight excluding hydrogens is 401 g/mol. The van der Waals surface area contributed by atoms with E-state index in [1.165, 1.54) is 5.56 Å². The Bertz CT molecular complexity index is 453. The number of β-amino-alcohol motifs (C(OH)–C–C–N with tert-alkyl or cyclic N) is 1. The second kappa shape index (κ2) is 9.48. The van der Waals surface area contributed by atoms with Gasteiger partial charge in [0.15, 0.2) is 5.96 Å². The summed E-state index contributed by atoms with van der Waals surface area (Å²) in [4.78, 5) is 6.76. The maximum absolute atomic E-state index is 9.61. The second-order valence-corrected chi connectivity index (χ2v) is 5.44. The van der Waals surface area contributed by atoms with Crippen molar-refractivity contribution in [2.75, 3.05) is 26.2 Å². The fourth-order valence-electron chi connectivity index (χ4n) is 2.30. The fraction of sp³-hybridized carbons (Fsp3) is 0.533. The van der Waals surface area contributed by atoms with Gasteiger partial charge < -0.3 is 15.3 Å². The molecular formula is C15H23ClIN3O. The average Bonchev–Trinajstić information content (AvgIpc) is 2.86. The largest absolute Gasteiger partial charge is 0.391 e. The van der Waals surface area contributed by atoms with Gasteiger partial charge >= 0.3 is 0 Å². The molecule has 1 aliphatic rings. The van der Waals surface area contributed by atoms with Gasteiger partial charge in [0.25, 0.3) is 0 Å². The molecule has 1 aliphatic heterocycles. The van der Waals surface area contributed by atoms with Crippen LogP contribution in [0.1, 0.15) is 18.9 Å². The number of rotatable bonds is 4. The minimum absolute atomic E-state index is 0. The van der Waals surface area contributed by atoms with Gasteiger partial charge in [-0.1, -0.05) is 23.7 Å². The van der Waals surface area contributed by atoms with E-state index in [1.54, 1.807) is 0 Å². The molecule has 0 aliphatic carbocycles. The number of benzene rings is 1. The first-order chi connectivity index (χ1) is 9.69. The summed E-state index contributed by atoms with van der Waals surface area (Å²) in [6, 6.07) is 7.88. The number of aliphatic hydroxyl groups excluding tert-OH is 1. The molecule has 0 bridgehead atoms. The summed E-state index contributed by atoms with van der Waals surface area (Å²) in [7, 11) is 0. The Kier molecular flexibility index (Phi) is 8.36. The van der Waals surface area contributed by atoms with Gasteiger partial charge in [-0.3, -0.25) is 4.99 Å². The van der Waals surface area contributed by atoms with Crippen LogP contribution in [0.5, 0.6) is 0 Å². The minimum Gasteiger partial charge on any atom is -0.391 e. The molecule has 4 nitrogen and oxygen atoms in total. The van der Waals surface area contributed by atoms with Crippen LogP contribution in [0.25, 0.3) is 0 Å². The smallest absolute Gasteiger partial charge is 0.194 e. The third-order valence-electron chi connectivity index (χ3n) is 3.37. The summed E-state index contributed by atoms with van der Waals surface area (Å²) in [5, 5.41) is 13.7. The Balaban J connectivity index is 0.00000220. The molecule has 1 aromatic carbocycles. The summed E-state index contributed by atoms with van der Waals surface area (Å²) in [6.07, 6.45) is 1.49. The molecule has 0 aromatic heterocycles. The normalized spacial score (nSPS) is 18.5. The number of aliphatic imine (C=N–C) groups is 1. The number of hydrogen-bond acceptors (Lipinski definition) is 2. The van der Waals surface area contributed by atoms with Gasteiger partial charge in [0.2, 0.25) is 0 Å². The molecule has 0 amide bonds. The maximum atomic E-state index is 9.61. The van der Waals surface area contributed by atoms with Crippen LogP contribution in [-0.4, -0.2) is 48.2 Å². The lowest BCUT2D eigenvalue weighted by Crippen LogP contribution is -2.40. The molecule has 2 N–H and O–H groups in total. The quantitative estimate of drug-likeness (QED) is 0.444. The Morgan fingerprint density at radius 3 is 2.71 bits per heavy atom. The van der Waals surface area contributed by atoms with Crippen LogP contribution in [0.2, 0.25) is 5.02 Å². The molecule has 118 valence electrons. The van der Waals surface area contributed by atoms with E-state index in [0.717, 1.165) is 43.5 Å². The maximum Gasteiger partial charge on any atom is 0.194 e. The first kappa shape index (κ1) is 18.5. The predicted molar refractivity (Wildman–Crippen MR) is 98.7 cm³/mol. The molecule has 1 atom stereocenters. The second-order valence-electron chi connectivity index (χ2n) is 5.00. The van der Waals surface area contributed by atoms with E-state index < -0.39 is 0 Å².